The molecule has 4 aromatic rings. The number of thiazole rings is 1. The van der Waals surface area contributed by atoms with E-state index in [2.05, 4.69) is 39.3 Å². The van der Waals surface area contributed by atoms with E-state index in [4.69, 9.17) is 4.98 Å². The summed E-state index contributed by atoms with van der Waals surface area (Å²) in [5.74, 6) is -0.280. The molecule has 0 saturated heterocycles. The van der Waals surface area contributed by atoms with Gasteiger partial charge in [-0.2, -0.15) is 0 Å². The Kier molecular flexibility index (Phi) is 7.72. The van der Waals surface area contributed by atoms with Crippen molar-refractivity contribution in [3.63, 3.8) is 0 Å². The van der Waals surface area contributed by atoms with Gasteiger partial charge in [0.1, 0.15) is 5.01 Å². The maximum absolute atomic E-state index is 13.0. The number of fused-ring (bicyclic) bond motifs is 1. The molecule has 200 valence electrons. The molecule has 0 spiro atoms. The molecular formula is C30H32N6O2S. The number of anilines is 1. The minimum absolute atomic E-state index is 0.107. The van der Waals surface area contributed by atoms with Gasteiger partial charge in [-0.15, -0.1) is 11.3 Å². The van der Waals surface area contributed by atoms with Crippen molar-refractivity contribution in [2.45, 2.75) is 27.7 Å². The molecule has 4 heterocycles. The third-order valence-electron chi connectivity index (χ3n) is 7.11. The second kappa shape index (κ2) is 11.3. The van der Waals surface area contributed by atoms with Gasteiger partial charge in [0.25, 0.3) is 11.8 Å². The SMILES string of the molecule is CCN(CC)CCNC(=O)c1c(C)[nH]c(/C=C2\C(=O)Nc3ccc(-c4csc(-c5cccnc5)n4)cc32)c1C. The first-order chi connectivity index (χ1) is 18.9. The van der Waals surface area contributed by atoms with Gasteiger partial charge in [0, 0.05) is 64.6 Å². The van der Waals surface area contributed by atoms with Crippen LogP contribution in [0.25, 0.3) is 33.5 Å². The minimum Gasteiger partial charge on any atom is -0.358 e. The highest BCUT2D eigenvalue weighted by atomic mass is 32.1. The zero-order valence-corrected chi connectivity index (χ0v) is 23.4. The van der Waals surface area contributed by atoms with Gasteiger partial charge in [-0.1, -0.05) is 19.9 Å². The highest BCUT2D eigenvalue weighted by Gasteiger charge is 2.26. The normalized spacial score (nSPS) is 13.7. The molecule has 0 radical (unpaired) electrons. The number of aryl methyl sites for hydroxylation is 1. The van der Waals surface area contributed by atoms with E-state index in [9.17, 15) is 9.59 Å². The van der Waals surface area contributed by atoms with Crippen LogP contribution in [0.15, 0.2) is 48.1 Å². The number of aromatic nitrogens is 3. The van der Waals surface area contributed by atoms with Gasteiger partial charge >= 0.3 is 0 Å². The lowest BCUT2D eigenvalue weighted by Gasteiger charge is -2.18. The lowest BCUT2D eigenvalue weighted by Crippen LogP contribution is -2.35. The van der Waals surface area contributed by atoms with Crippen LogP contribution in [-0.4, -0.2) is 57.8 Å². The van der Waals surface area contributed by atoms with Crippen molar-refractivity contribution in [2.24, 2.45) is 0 Å². The largest absolute Gasteiger partial charge is 0.358 e. The van der Waals surface area contributed by atoms with E-state index in [0.29, 0.717) is 17.7 Å². The molecule has 39 heavy (non-hydrogen) atoms. The van der Waals surface area contributed by atoms with E-state index >= 15 is 0 Å². The second-order valence-corrected chi connectivity index (χ2v) is 10.4. The number of aromatic amines is 1. The number of rotatable bonds is 9. The number of hydrogen-bond donors (Lipinski definition) is 3. The van der Waals surface area contributed by atoms with E-state index in [-0.39, 0.29) is 11.8 Å². The summed E-state index contributed by atoms with van der Waals surface area (Å²) in [4.78, 5) is 40.5. The fourth-order valence-corrected chi connectivity index (χ4v) is 5.70. The summed E-state index contributed by atoms with van der Waals surface area (Å²) >= 11 is 1.56. The Bertz CT molecular complexity index is 1550. The van der Waals surface area contributed by atoms with Gasteiger partial charge in [-0.3, -0.25) is 14.6 Å². The fraction of sp³-hybridized carbons (Fsp3) is 0.267. The van der Waals surface area contributed by atoms with Crippen molar-refractivity contribution in [3.8, 4) is 21.8 Å². The molecule has 0 atom stereocenters. The van der Waals surface area contributed by atoms with Crippen molar-refractivity contribution < 1.29 is 9.59 Å². The number of carbonyl (C=O) groups excluding carboxylic acids is 2. The van der Waals surface area contributed by atoms with Gasteiger partial charge in [0.15, 0.2) is 0 Å². The fourth-order valence-electron chi connectivity index (χ4n) is 4.88. The van der Waals surface area contributed by atoms with E-state index in [0.717, 1.165) is 69.7 Å². The summed E-state index contributed by atoms with van der Waals surface area (Å²) in [6.45, 7) is 11.3. The van der Waals surface area contributed by atoms with Crippen molar-refractivity contribution >= 4 is 40.5 Å². The first kappa shape index (κ1) is 26.5. The molecule has 8 nitrogen and oxygen atoms in total. The predicted molar refractivity (Wildman–Crippen MR) is 158 cm³/mol. The van der Waals surface area contributed by atoms with E-state index in [1.807, 2.05) is 55.6 Å². The number of nitrogens with zero attached hydrogens (tertiary/aromatic N) is 3. The molecule has 5 rings (SSSR count). The molecule has 3 N–H and O–H groups in total. The van der Waals surface area contributed by atoms with Gasteiger partial charge in [-0.25, -0.2) is 4.98 Å². The third kappa shape index (κ3) is 5.41. The van der Waals surface area contributed by atoms with Crippen LogP contribution < -0.4 is 10.6 Å². The van der Waals surface area contributed by atoms with Crippen LogP contribution in [0, 0.1) is 13.8 Å². The molecule has 0 unspecified atom stereocenters. The van der Waals surface area contributed by atoms with Crippen LogP contribution >= 0.6 is 11.3 Å². The average molecular weight is 541 g/mol. The lowest BCUT2D eigenvalue weighted by molar-refractivity contribution is -0.110. The number of hydrogen-bond acceptors (Lipinski definition) is 6. The van der Waals surface area contributed by atoms with Crippen LogP contribution in [0.1, 0.15) is 46.7 Å². The smallest absolute Gasteiger partial charge is 0.256 e. The quantitative estimate of drug-likeness (QED) is 0.247. The van der Waals surface area contributed by atoms with Crippen molar-refractivity contribution in [1.29, 1.82) is 0 Å². The van der Waals surface area contributed by atoms with E-state index in [1.165, 1.54) is 0 Å². The topological polar surface area (TPSA) is 103 Å². The van der Waals surface area contributed by atoms with Crippen LogP contribution in [-0.2, 0) is 4.79 Å². The van der Waals surface area contributed by atoms with E-state index < -0.39 is 0 Å². The molecule has 2 amide bonds. The van der Waals surface area contributed by atoms with Crippen molar-refractivity contribution in [3.05, 3.63) is 76.2 Å². The molecule has 9 heteroatoms. The molecule has 0 aliphatic carbocycles. The first-order valence-corrected chi connectivity index (χ1v) is 14.0. The van der Waals surface area contributed by atoms with Crippen LogP contribution in [0.4, 0.5) is 5.69 Å². The standard InChI is InChI=1S/C30H32N6O2S/c1-5-36(6-2)13-12-32-29(38)27-18(3)25(33-19(27)4)15-23-22-14-20(9-10-24(22)34-28(23)37)26-17-39-30(35-26)21-8-7-11-31-16-21/h7-11,14-17,33H,5-6,12-13H2,1-4H3,(H,32,38)(H,34,37)/b23-15-. The molecule has 3 aromatic heterocycles. The summed E-state index contributed by atoms with van der Waals surface area (Å²) in [7, 11) is 0. The number of pyridine rings is 1. The minimum atomic E-state index is -0.173. The monoisotopic (exact) mass is 540 g/mol. The number of amides is 2. The van der Waals surface area contributed by atoms with Gasteiger partial charge in [-0.05, 0) is 62.8 Å². The number of nitrogens with one attached hydrogen (secondary N) is 3. The zero-order chi connectivity index (χ0) is 27.5. The Morgan fingerprint density at radius 2 is 1.97 bits per heavy atom. The lowest BCUT2D eigenvalue weighted by atomic mass is 10.0. The molecule has 1 aliphatic heterocycles. The Labute approximate surface area is 232 Å². The molecule has 1 aromatic carbocycles. The summed E-state index contributed by atoms with van der Waals surface area (Å²) < 4.78 is 0. The Balaban J connectivity index is 1.41. The van der Waals surface area contributed by atoms with Crippen LogP contribution in [0.2, 0.25) is 0 Å². The first-order valence-electron chi connectivity index (χ1n) is 13.1. The summed E-state index contributed by atoms with van der Waals surface area (Å²) in [6.07, 6.45) is 5.38. The Morgan fingerprint density at radius 3 is 2.72 bits per heavy atom. The molecule has 1 aliphatic rings. The Morgan fingerprint density at radius 1 is 1.15 bits per heavy atom. The number of benzene rings is 1. The molecule has 0 bridgehead atoms. The Hall–Kier alpha value is -4.08. The summed E-state index contributed by atoms with van der Waals surface area (Å²) in [6, 6.07) is 9.75. The average Bonchev–Trinajstić information content (AvgIpc) is 3.63. The third-order valence-corrected chi connectivity index (χ3v) is 8.00. The molecular weight excluding hydrogens is 508 g/mol. The number of carbonyl (C=O) groups is 2. The van der Waals surface area contributed by atoms with Crippen LogP contribution in [0.5, 0.6) is 0 Å². The molecule has 0 saturated carbocycles. The van der Waals surface area contributed by atoms with Gasteiger partial charge in [0.2, 0.25) is 0 Å². The maximum Gasteiger partial charge on any atom is 0.256 e. The number of likely N-dealkylation sites (N-methyl/N-ethyl adjacent to an activating group) is 1. The molecule has 0 fully saturated rings. The van der Waals surface area contributed by atoms with Gasteiger partial charge < -0.3 is 20.5 Å². The van der Waals surface area contributed by atoms with Crippen molar-refractivity contribution in [1.82, 2.24) is 25.2 Å². The zero-order valence-electron chi connectivity index (χ0n) is 22.6. The number of H-pyrrole nitrogens is 1. The predicted octanol–water partition coefficient (Wildman–Crippen LogP) is 5.38. The highest BCUT2D eigenvalue weighted by Crippen LogP contribution is 2.38. The van der Waals surface area contributed by atoms with E-state index in [1.54, 1.807) is 23.7 Å². The van der Waals surface area contributed by atoms with Gasteiger partial charge in [0.05, 0.1) is 16.8 Å². The van der Waals surface area contributed by atoms with Crippen molar-refractivity contribution in [2.75, 3.05) is 31.5 Å². The maximum atomic E-state index is 13.0. The highest BCUT2D eigenvalue weighted by molar-refractivity contribution is 7.13. The summed E-state index contributed by atoms with van der Waals surface area (Å²) in [5, 5.41) is 8.91. The van der Waals surface area contributed by atoms with Crippen LogP contribution in [0.3, 0.4) is 0 Å². The second-order valence-electron chi connectivity index (χ2n) is 9.50. The summed E-state index contributed by atoms with van der Waals surface area (Å²) in [5.41, 5.74) is 7.82.